The summed E-state index contributed by atoms with van der Waals surface area (Å²) in [7, 11) is 0. The molecule has 2 unspecified atom stereocenters. The maximum Gasteiger partial charge on any atom is 0.221 e. The lowest BCUT2D eigenvalue weighted by Gasteiger charge is -2.22. The first-order valence-corrected chi connectivity index (χ1v) is 5.78. The van der Waals surface area contributed by atoms with Crippen molar-refractivity contribution < 1.29 is 4.79 Å². The Hall–Kier alpha value is -1.36. The van der Waals surface area contributed by atoms with Crippen LogP contribution in [0.15, 0.2) is 18.7 Å². The quantitative estimate of drug-likeness (QED) is 0.776. The van der Waals surface area contributed by atoms with Crippen molar-refractivity contribution in [2.24, 2.45) is 5.73 Å². The minimum atomic E-state index is 0.0551. The van der Waals surface area contributed by atoms with Crippen molar-refractivity contribution in [2.75, 3.05) is 6.54 Å². The van der Waals surface area contributed by atoms with Gasteiger partial charge in [0.1, 0.15) is 0 Å². The van der Waals surface area contributed by atoms with Gasteiger partial charge in [0.15, 0.2) is 0 Å². The lowest BCUT2D eigenvalue weighted by Crippen LogP contribution is -2.38. The standard InChI is InChI=1S/C11H18N4O/c12-5-4-11(16)14-9-2-1-3-10(9)15-7-6-13-8-15/h6-10H,1-5,12H2,(H,14,16). The van der Waals surface area contributed by atoms with Gasteiger partial charge in [0.2, 0.25) is 5.91 Å². The fourth-order valence-electron chi connectivity index (χ4n) is 2.34. The third kappa shape index (κ3) is 2.41. The van der Waals surface area contributed by atoms with E-state index >= 15 is 0 Å². The summed E-state index contributed by atoms with van der Waals surface area (Å²) in [6.45, 7) is 0.411. The third-order valence-electron chi connectivity index (χ3n) is 3.11. The number of aromatic nitrogens is 2. The molecule has 5 nitrogen and oxygen atoms in total. The molecule has 0 spiro atoms. The largest absolute Gasteiger partial charge is 0.351 e. The molecule has 0 radical (unpaired) electrons. The van der Waals surface area contributed by atoms with Crippen LogP contribution in [0.2, 0.25) is 0 Å². The third-order valence-corrected chi connectivity index (χ3v) is 3.11. The predicted molar refractivity (Wildman–Crippen MR) is 60.7 cm³/mol. The van der Waals surface area contributed by atoms with Crippen LogP contribution in [0.1, 0.15) is 31.7 Å². The average molecular weight is 222 g/mol. The molecule has 0 saturated heterocycles. The van der Waals surface area contributed by atoms with Gasteiger partial charge in [-0.15, -0.1) is 0 Å². The van der Waals surface area contributed by atoms with Crippen LogP contribution in [-0.4, -0.2) is 28.0 Å². The number of carbonyl (C=O) groups excluding carboxylic acids is 1. The van der Waals surface area contributed by atoms with Crippen LogP contribution in [0.25, 0.3) is 0 Å². The van der Waals surface area contributed by atoms with Crippen LogP contribution >= 0.6 is 0 Å². The Morgan fingerprint density at radius 1 is 1.56 bits per heavy atom. The van der Waals surface area contributed by atoms with Crippen LogP contribution in [0, 0.1) is 0 Å². The van der Waals surface area contributed by atoms with Crippen molar-refractivity contribution in [1.29, 1.82) is 0 Å². The van der Waals surface area contributed by atoms with Gasteiger partial charge >= 0.3 is 0 Å². The van der Waals surface area contributed by atoms with E-state index in [1.165, 1.54) is 0 Å². The Morgan fingerprint density at radius 3 is 3.12 bits per heavy atom. The molecule has 1 heterocycles. The van der Waals surface area contributed by atoms with E-state index < -0.39 is 0 Å². The molecule has 1 saturated carbocycles. The zero-order valence-electron chi connectivity index (χ0n) is 9.30. The van der Waals surface area contributed by atoms with Gasteiger partial charge in [0.25, 0.3) is 0 Å². The lowest BCUT2D eigenvalue weighted by atomic mass is 10.1. The number of amides is 1. The molecule has 16 heavy (non-hydrogen) atoms. The smallest absolute Gasteiger partial charge is 0.221 e. The second kappa shape index (κ2) is 5.12. The van der Waals surface area contributed by atoms with Gasteiger partial charge in [-0.3, -0.25) is 4.79 Å². The molecule has 1 aromatic rings. The number of hydrogen-bond acceptors (Lipinski definition) is 3. The number of imidazole rings is 1. The molecule has 88 valence electrons. The topological polar surface area (TPSA) is 72.9 Å². The van der Waals surface area contributed by atoms with Gasteiger partial charge in [-0.1, -0.05) is 0 Å². The summed E-state index contributed by atoms with van der Waals surface area (Å²) in [4.78, 5) is 15.5. The summed E-state index contributed by atoms with van der Waals surface area (Å²) in [6, 6.07) is 0.581. The van der Waals surface area contributed by atoms with Crippen LogP contribution in [0.4, 0.5) is 0 Å². The molecule has 0 aromatic carbocycles. The normalized spacial score (nSPS) is 24.6. The van der Waals surface area contributed by atoms with Crippen molar-refractivity contribution in [1.82, 2.24) is 14.9 Å². The molecule has 0 aliphatic heterocycles. The van der Waals surface area contributed by atoms with E-state index in [2.05, 4.69) is 14.9 Å². The van der Waals surface area contributed by atoms with Gasteiger partial charge in [-0.2, -0.15) is 0 Å². The Bertz CT molecular complexity index is 336. The Balaban J connectivity index is 1.96. The SMILES string of the molecule is NCCC(=O)NC1CCCC1n1ccnc1. The van der Waals surface area contributed by atoms with E-state index in [9.17, 15) is 4.79 Å². The summed E-state index contributed by atoms with van der Waals surface area (Å²) >= 11 is 0. The van der Waals surface area contributed by atoms with Crippen molar-refractivity contribution in [2.45, 2.75) is 37.8 Å². The Kier molecular flexibility index (Phi) is 3.56. The van der Waals surface area contributed by atoms with E-state index in [-0.39, 0.29) is 11.9 Å². The van der Waals surface area contributed by atoms with Crippen LogP contribution in [0.5, 0.6) is 0 Å². The molecule has 2 atom stereocenters. The number of nitrogens with zero attached hydrogens (tertiary/aromatic N) is 2. The fourth-order valence-corrected chi connectivity index (χ4v) is 2.34. The molecular weight excluding hydrogens is 204 g/mol. The highest BCUT2D eigenvalue weighted by molar-refractivity contribution is 5.76. The second-order valence-electron chi connectivity index (χ2n) is 4.22. The van der Waals surface area contributed by atoms with Crippen LogP contribution in [0.3, 0.4) is 0 Å². The summed E-state index contributed by atoms with van der Waals surface area (Å²) in [5, 5.41) is 3.05. The first-order valence-electron chi connectivity index (χ1n) is 5.78. The fraction of sp³-hybridized carbons (Fsp3) is 0.636. The summed E-state index contributed by atoms with van der Waals surface area (Å²) in [5.74, 6) is 0.0551. The van der Waals surface area contributed by atoms with Crippen molar-refractivity contribution in [3.63, 3.8) is 0 Å². The van der Waals surface area contributed by atoms with E-state index in [0.29, 0.717) is 19.0 Å². The first-order chi connectivity index (χ1) is 7.81. The second-order valence-corrected chi connectivity index (χ2v) is 4.22. The van der Waals surface area contributed by atoms with E-state index in [0.717, 1.165) is 19.3 Å². The molecule has 5 heteroatoms. The van der Waals surface area contributed by atoms with Crippen molar-refractivity contribution >= 4 is 5.91 Å². The zero-order chi connectivity index (χ0) is 11.4. The highest BCUT2D eigenvalue weighted by Gasteiger charge is 2.29. The van der Waals surface area contributed by atoms with Gasteiger partial charge in [-0.05, 0) is 19.3 Å². The van der Waals surface area contributed by atoms with Crippen molar-refractivity contribution in [3.05, 3.63) is 18.7 Å². The predicted octanol–water partition coefficient (Wildman–Crippen LogP) is 0.442. The molecule has 1 aliphatic rings. The molecule has 0 bridgehead atoms. The highest BCUT2D eigenvalue weighted by atomic mass is 16.1. The minimum Gasteiger partial charge on any atom is -0.351 e. The maximum absolute atomic E-state index is 11.5. The maximum atomic E-state index is 11.5. The first kappa shape index (κ1) is 11.1. The number of carbonyl (C=O) groups is 1. The highest BCUT2D eigenvalue weighted by Crippen LogP contribution is 2.29. The summed E-state index contributed by atoms with van der Waals surface area (Å²) in [5.41, 5.74) is 5.36. The molecular formula is C11H18N4O. The lowest BCUT2D eigenvalue weighted by molar-refractivity contribution is -0.121. The van der Waals surface area contributed by atoms with Crippen LogP contribution in [-0.2, 0) is 4.79 Å². The molecule has 1 aliphatic carbocycles. The number of nitrogens with two attached hydrogens (primary N) is 1. The van der Waals surface area contributed by atoms with Gasteiger partial charge < -0.3 is 15.6 Å². The van der Waals surface area contributed by atoms with Crippen molar-refractivity contribution in [3.8, 4) is 0 Å². The minimum absolute atomic E-state index is 0.0551. The number of nitrogens with one attached hydrogen (secondary N) is 1. The summed E-state index contributed by atoms with van der Waals surface area (Å²) < 4.78 is 2.08. The van der Waals surface area contributed by atoms with Gasteiger partial charge in [0, 0.05) is 31.4 Å². The van der Waals surface area contributed by atoms with Crippen LogP contribution < -0.4 is 11.1 Å². The molecule has 3 N–H and O–H groups in total. The zero-order valence-corrected chi connectivity index (χ0v) is 9.30. The summed E-state index contributed by atoms with van der Waals surface area (Å²) in [6.07, 6.45) is 9.25. The molecule has 1 amide bonds. The van der Waals surface area contributed by atoms with E-state index in [4.69, 9.17) is 5.73 Å². The Labute approximate surface area is 95.0 Å². The van der Waals surface area contributed by atoms with E-state index in [1.54, 1.807) is 6.20 Å². The van der Waals surface area contributed by atoms with Gasteiger partial charge in [0.05, 0.1) is 12.4 Å². The van der Waals surface area contributed by atoms with E-state index in [1.807, 2.05) is 12.5 Å². The monoisotopic (exact) mass is 222 g/mol. The number of hydrogen-bond donors (Lipinski definition) is 2. The number of rotatable bonds is 4. The molecule has 1 aromatic heterocycles. The Morgan fingerprint density at radius 2 is 2.44 bits per heavy atom. The van der Waals surface area contributed by atoms with Gasteiger partial charge in [-0.25, -0.2) is 4.98 Å². The molecule has 1 fully saturated rings. The average Bonchev–Trinajstić information content (AvgIpc) is 2.86. The molecule has 2 rings (SSSR count).